The van der Waals surface area contributed by atoms with Gasteiger partial charge in [-0.15, -0.1) is 0 Å². The summed E-state index contributed by atoms with van der Waals surface area (Å²) < 4.78 is 23.8. The summed E-state index contributed by atoms with van der Waals surface area (Å²) in [6.07, 6.45) is 1.19. The van der Waals surface area contributed by atoms with Crippen molar-refractivity contribution >= 4 is 32.2 Å². The highest BCUT2D eigenvalue weighted by Gasteiger charge is 2.32. The molecule has 1 heterocycles. The molecule has 0 aliphatic carbocycles. The Morgan fingerprint density at radius 3 is 2.40 bits per heavy atom. The van der Waals surface area contributed by atoms with E-state index in [1.807, 2.05) is 13.8 Å². The van der Waals surface area contributed by atoms with Crippen molar-refractivity contribution in [2.75, 3.05) is 11.2 Å². The standard InChI is InChI=1S/C15H15NO3S/c1-9(2)16-12-7-8-13(20(3,18)19)10-5-4-6-11(14(10)12)15(16)17/h4-9H,1-3H3. The van der Waals surface area contributed by atoms with E-state index < -0.39 is 9.84 Å². The fourth-order valence-corrected chi connectivity index (χ4v) is 3.70. The minimum absolute atomic E-state index is 0.0298. The van der Waals surface area contributed by atoms with Gasteiger partial charge < -0.3 is 4.90 Å². The first-order chi connectivity index (χ1) is 9.32. The molecule has 0 N–H and O–H groups in total. The van der Waals surface area contributed by atoms with Gasteiger partial charge in [-0.25, -0.2) is 8.42 Å². The summed E-state index contributed by atoms with van der Waals surface area (Å²) in [6.45, 7) is 3.89. The number of anilines is 1. The molecule has 1 amide bonds. The molecule has 2 aromatic carbocycles. The summed E-state index contributed by atoms with van der Waals surface area (Å²) in [7, 11) is -3.32. The minimum atomic E-state index is -3.32. The van der Waals surface area contributed by atoms with Gasteiger partial charge >= 0.3 is 0 Å². The van der Waals surface area contributed by atoms with Crippen LogP contribution in [0.15, 0.2) is 35.2 Å². The Kier molecular flexibility index (Phi) is 2.66. The highest BCUT2D eigenvalue weighted by atomic mass is 32.2. The van der Waals surface area contributed by atoms with E-state index in [4.69, 9.17) is 0 Å². The first-order valence-corrected chi connectivity index (χ1v) is 8.31. The lowest BCUT2D eigenvalue weighted by Gasteiger charge is -2.22. The number of hydrogen-bond donors (Lipinski definition) is 0. The van der Waals surface area contributed by atoms with Crippen LogP contribution in [-0.4, -0.2) is 26.6 Å². The molecule has 0 spiro atoms. The van der Waals surface area contributed by atoms with Gasteiger partial charge in [-0.3, -0.25) is 4.79 Å². The number of rotatable bonds is 2. The van der Waals surface area contributed by atoms with E-state index in [1.54, 1.807) is 35.2 Å². The maximum Gasteiger partial charge on any atom is 0.259 e. The van der Waals surface area contributed by atoms with Crippen LogP contribution in [0.25, 0.3) is 10.8 Å². The van der Waals surface area contributed by atoms with E-state index in [0.717, 1.165) is 11.1 Å². The van der Waals surface area contributed by atoms with Crippen LogP contribution in [0.1, 0.15) is 24.2 Å². The van der Waals surface area contributed by atoms with Gasteiger partial charge in [-0.1, -0.05) is 12.1 Å². The Morgan fingerprint density at radius 2 is 1.80 bits per heavy atom. The predicted octanol–water partition coefficient (Wildman–Crippen LogP) is 2.61. The molecule has 1 aliphatic heterocycles. The molecule has 4 nitrogen and oxygen atoms in total. The molecule has 0 aromatic heterocycles. The molecule has 0 atom stereocenters. The Labute approximate surface area is 117 Å². The van der Waals surface area contributed by atoms with Crippen molar-refractivity contribution in [1.82, 2.24) is 0 Å². The Bertz CT molecular complexity index is 838. The lowest BCUT2D eigenvalue weighted by molar-refractivity contribution is 0.0987. The number of sulfone groups is 1. The molecular weight excluding hydrogens is 274 g/mol. The second-order valence-corrected chi connectivity index (χ2v) is 7.34. The first-order valence-electron chi connectivity index (χ1n) is 6.41. The van der Waals surface area contributed by atoms with Crippen molar-refractivity contribution in [3.8, 4) is 0 Å². The molecule has 3 rings (SSSR count). The SMILES string of the molecule is CC(C)N1C(=O)c2cccc3c(S(C)(=O)=O)ccc1c23. The van der Waals surface area contributed by atoms with Gasteiger partial charge in [-0.05, 0) is 32.0 Å². The van der Waals surface area contributed by atoms with Crippen molar-refractivity contribution in [1.29, 1.82) is 0 Å². The fourth-order valence-electron chi connectivity index (χ4n) is 2.82. The van der Waals surface area contributed by atoms with Crippen LogP contribution in [0.3, 0.4) is 0 Å². The summed E-state index contributed by atoms with van der Waals surface area (Å²) in [4.78, 5) is 14.4. The van der Waals surface area contributed by atoms with E-state index in [-0.39, 0.29) is 16.8 Å². The average Bonchev–Trinajstić information content (AvgIpc) is 2.64. The summed E-state index contributed by atoms with van der Waals surface area (Å²) in [5, 5.41) is 1.37. The van der Waals surface area contributed by atoms with Crippen LogP contribution < -0.4 is 4.90 Å². The van der Waals surface area contributed by atoms with Crippen molar-refractivity contribution in [3.05, 3.63) is 35.9 Å². The van der Waals surface area contributed by atoms with Crippen LogP contribution in [-0.2, 0) is 9.84 Å². The smallest absolute Gasteiger partial charge is 0.259 e. The molecule has 5 heteroatoms. The van der Waals surface area contributed by atoms with Gasteiger partial charge in [-0.2, -0.15) is 0 Å². The average molecular weight is 289 g/mol. The Morgan fingerprint density at radius 1 is 1.10 bits per heavy atom. The molecular formula is C15H15NO3S. The Balaban J connectivity index is 2.45. The lowest BCUT2D eigenvalue weighted by Crippen LogP contribution is -2.33. The van der Waals surface area contributed by atoms with Crippen LogP contribution in [0.2, 0.25) is 0 Å². The van der Waals surface area contributed by atoms with Crippen molar-refractivity contribution < 1.29 is 13.2 Å². The second-order valence-electron chi connectivity index (χ2n) is 5.35. The van der Waals surface area contributed by atoms with Gasteiger partial charge in [0.15, 0.2) is 9.84 Å². The maximum atomic E-state index is 12.5. The van der Waals surface area contributed by atoms with Gasteiger partial charge in [0.2, 0.25) is 0 Å². The molecule has 0 unspecified atom stereocenters. The van der Waals surface area contributed by atoms with E-state index in [9.17, 15) is 13.2 Å². The topological polar surface area (TPSA) is 54.5 Å². The molecule has 0 radical (unpaired) electrons. The van der Waals surface area contributed by atoms with E-state index in [1.165, 1.54) is 6.26 Å². The highest BCUT2D eigenvalue weighted by molar-refractivity contribution is 7.91. The number of carbonyl (C=O) groups excluding carboxylic acids is 1. The van der Waals surface area contributed by atoms with Crippen LogP contribution in [0.4, 0.5) is 5.69 Å². The number of benzene rings is 2. The zero-order chi connectivity index (χ0) is 14.7. The van der Waals surface area contributed by atoms with Gasteiger partial charge in [0.25, 0.3) is 5.91 Å². The normalized spacial score (nSPS) is 14.6. The molecule has 0 saturated heterocycles. The lowest BCUT2D eigenvalue weighted by atomic mass is 10.1. The molecule has 1 aliphatic rings. The van der Waals surface area contributed by atoms with E-state index >= 15 is 0 Å². The quantitative estimate of drug-likeness (QED) is 0.854. The predicted molar refractivity (Wildman–Crippen MR) is 79.0 cm³/mol. The van der Waals surface area contributed by atoms with Crippen molar-refractivity contribution in [3.63, 3.8) is 0 Å². The molecule has 0 bridgehead atoms. The number of amides is 1. The summed E-state index contributed by atoms with van der Waals surface area (Å²) >= 11 is 0. The largest absolute Gasteiger partial charge is 0.305 e. The fraction of sp³-hybridized carbons (Fsp3) is 0.267. The summed E-state index contributed by atoms with van der Waals surface area (Å²) in [5.74, 6) is -0.0637. The van der Waals surface area contributed by atoms with Crippen LogP contribution in [0, 0.1) is 0 Å². The Hall–Kier alpha value is -1.88. The van der Waals surface area contributed by atoms with Crippen molar-refractivity contribution in [2.24, 2.45) is 0 Å². The second kappa shape index (κ2) is 4.06. The molecule has 0 saturated carbocycles. The monoisotopic (exact) mass is 289 g/mol. The zero-order valence-corrected chi connectivity index (χ0v) is 12.4. The molecule has 104 valence electrons. The first kappa shape index (κ1) is 13.1. The third-order valence-electron chi connectivity index (χ3n) is 3.60. The van der Waals surface area contributed by atoms with E-state index in [0.29, 0.717) is 10.9 Å². The zero-order valence-electron chi connectivity index (χ0n) is 11.5. The summed E-state index contributed by atoms with van der Waals surface area (Å²) in [6, 6.07) is 8.59. The number of nitrogens with zero attached hydrogens (tertiary/aromatic N) is 1. The van der Waals surface area contributed by atoms with Crippen molar-refractivity contribution in [2.45, 2.75) is 24.8 Å². The van der Waals surface area contributed by atoms with Crippen LogP contribution >= 0.6 is 0 Å². The van der Waals surface area contributed by atoms with Gasteiger partial charge in [0, 0.05) is 28.6 Å². The summed E-state index contributed by atoms with van der Waals surface area (Å²) in [5.41, 5.74) is 1.37. The molecule has 2 aromatic rings. The number of hydrogen-bond acceptors (Lipinski definition) is 3. The minimum Gasteiger partial charge on any atom is -0.305 e. The molecule has 0 fully saturated rings. The van der Waals surface area contributed by atoms with E-state index in [2.05, 4.69) is 0 Å². The van der Waals surface area contributed by atoms with Gasteiger partial charge in [0.05, 0.1) is 10.6 Å². The highest BCUT2D eigenvalue weighted by Crippen LogP contribution is 2.40. The maximum absolute atomic E-state index is 12.5. The van der Waals surface area contributed by atoms with Gasteiger partial charge in [0.1, 0.15) is 0 Å². The number of carbonyl (C=O) groups is 1. The molecule has 20 heavy (non-hydrogen) atoms. The van der Waals surface area contributed by atoms with Crippen LogP contribution in [0.5, 0.6) is 0 Å². The third-order valence-corrected chi connectivity index (χ3v) is 4.76. The third kappa shape index (κ3) is 1.66.